The number of nitrogens with zero attached hydrogens (tertiary/aromatic N) is 3. The molecule has 0 aliphatic carbocycles. The quantitative estimate of drug-likeness (QED) is 0.317. The highest BCUT2D eigenvalue weighted by molar-refractivity contribution is 7.92. The van der Waals surface area contributed by atoms with Crippen molar-refractivity contribution in [2.75, 3.05) is 17.1 Å². The first-order valence-electron chi connectivity index (χ1n) is 9.31. The Labute approximate surface area is 183 Å². The van der Waals surface area contributed by atoms with E-state index >= 15 is 0 Å². The first-order valence-corrected chi connectivity index (χ1v) is 10.8. The molecule has 0 atom stereocenters. The van der Waals surface area contributed by atoms with Gasteiger partial charge in [-0.05, 0) is 42.5 Å². The molecule has 4 aromatic rings. The van der Waals surface area contributed by atoms with Crippen LogP contribution < -0.4 is 14.8 Å². The number of rotatable bonds is 7. The number of nitro benzene ring substituents is 1. The van der Waals surface area contributed by atoms with Gasteiger partial charge in [-0.1, -0.05) is 18.2 Å². The number of nitrogens with one attached hydrogen (secondary N) is 2. The van der Waals surface area contributed by atoms with Crippen LogP contribution in [0.1, 0.15) is 0 Å². The predicted molar refractivity (Wildman–Crippen MR) is 120 cm³/mol. The fraction of sp³-hybridized carbons (Fsp3) is 0.0476. The van der Waals surface area contributed by atoms with Gasteiger partial charge >= 0.3 is 0 Å². The summed E-state index contributed by atoms with van der Waals surface area (Å²) in [5.74, 6) is 0.778. The molecule has 0 saturated carbocycles. The normalized spacial score (nSPS) is 11.2. The lowest BCUT2D eigenvalue weighted by Crippen LogP contribution is -2.16. The van der Waals surface area contributed by atoms with Gasteiger partial charge in [-0.15, -0.1) is 0 Å². The van der Waals surface area contributed by atoms with Crippen LogP contribution in [0.3, 0.4) is 0 Å². The number of ether oxygens (including phenoxy) is 1. The highest BCUT2D eigenvalue weighted by Crippen LogP contribution is 2.28. The number of hydrogen-bond acceptors (Lipinski definition) is 8. The largest absolute Gasteiger partial charge is 0.497 e. The van der Waals surface area contributed by atoms with Gasteiger partial charge in [-0.25, -0.2) is 18.4 Å². The van der Waals surface area contributed by atoms with Gasteiger partial charge in [0.25, 0.3) is 15.7 Å². The number of benzene rings is 3. The highest BCUT2D eigenvalue weighted by Gasteiger charge is 2.21. The average Bonchev–Trinajstić information content (AvgIpc) is 2.80. The van der Waals surface area contributed by atoms with E-state index in [1.165, 1.54) is 18.2 Å². The van der Waals surface area contributed by atoms with Crippen molar-refractivity contribution in [3.8, 4) is 5.75 Å². The Morgan fingerprint density at radius 1 is 0.906 bits per heavy atom. The zero-order valence-electron chi connectivity index (χ0n) is 16.7. The summed E-state index contributed by atoms with van der Waals surface area (Å²) >= 11 is 0. The summed E-state index contributed by atoms with van der Waals surface area (Å²) in [6, 6.07) is 18.7. The van der Waals surface area contributed by atoms with E-state index < -0.39 is 14.9 Å². The number of anilines is 3. The summed E-state index contributed by atoms with van der Waals surface area (Å²) in [5, 5.41) is 14.1. The van der Waals surface area contributed by atoms with E-state index in [-0.39, 0.29) is 22.2 Å². The second kappa shape index (κ2) is 8.47. The van der Waals surface area contributed by atoms with Crippen LogP contribution in [-0.4, -0.2) is 30.4 Å². The molecule has 0 spiro atoms. The Hall–Kier alpha value is -4.25. The standard InChI is InChI=1S/C21H17N5O5S/c1-31-16-11-9-14(10-12-16)22-20-21(24-19-8-3-2-7-18(19)23-20)25-32(29,30)17-6-4-5-15(13-17)26(27)28/h2-13H,1H3,(H,22,23)(H,24,25). The predicted octanol–water partition coefficient (Wildman–Crippen LogP) is 4.09. The lowest BCUT2D eigenvalue weighted by Gasteiger charge is -2.14. The van der Waals surface area contributed by atoms with E-state index in [0.29, 0.717) is 22.5 Å². The Morgan fingerprint density at radius 2 is 1.56 bits per heavy atom. The summed E-state index contributed by atoms with van der Waals surface area (Å²) in [7, 11) is -2.63. The molecule has 162 valence electrons. The number of aromatic nitrogens is 2. The van der Waals surface area contributed by atoms with Gasteiger partial charge in [0, 0.05) is 17.8 Å². The van der Waals surface area contributed by atoms with E-state index in [1.54, 1.807) is 55.6 Å². The van der Waals surface area contributed by atoms with Gasteiger partial charge in [0.1, 0.15) is 5.75 Å². The van der Waals surface area contributed by atoms with Crippen LogP contribution in [0.25, 0.3) is 11.0 Å². The van der Waals surface area contributed by atoms with Crippen molar-refractivity contribution in [2.45, 2.75) is 4.90 Å². The smallest absolute Gasteiger partial charge is 0.270 e. The second-order valence-corrected chi connectivity index (χ2v) is 8.31. The molecule has 0 aliphatic rings. The summed E-state index contributed by atoms with van der Waals surface area (Å²) in [6.45, 7) is 0. The van der Waals surface area contributed by atoms with E-state index in [1.807, 2.05) is 0 Å². The van der Waals surface area contributed by atoms with Crippen molar-refractivity contribution in [1.82, 2.24) is 9.97 Å². The van der Waals surface area contributed by atoms with Gasteiger partial charge in [0.05, 0.1) is 28.0 Å². The molecule has 0 amide bonds. The molecule has 1 aromatic heterocycles. The van der Waals surface area contributed by atoms with Gasteiger partial charge in [0.2, 0.25) is 0 Å². The van der Waals surface area contributed by atoms with Gasteiger partial charge in [-0.2, -0.15) is 0 Å². The Morgan fingerprint density at radius 3 is 2.19 bits per heavy atom. The zero-order valence-corrected chi connectivity index (χ0v) is 17.5. The number of sulfonamides is 1. The van der Waals surface area contributed by atoms with E-state index in [0.717, 1.165) is 6.07 Å². The third kappa shape index (κ3) is 4.42. The number of non-ortho nitro benzene ring substituents is 1. The van der Waals surface area contributed by atoms with E-state index in [4.69, 9.17) is 4.74 Å². The zero-order chi connectivity index (χ0) is 22.7. The first-order chi connectivity index (χ1) is 15.4. The van der Waals surface area contributed by atoms with Crippen molar-refractivity contribution in [3.63, 3.8) is 0 Å². The van der Waals surface area contributed by atoms with Crippen LogP contribution >= 0.6 is 0 Å². The minimum Gasteiger partial charge on any atom is -0.497 e. The van der Waals surface area contributed by atoms with Crippen LogP contribution in [0.4, 0.5) is 23.0 Å². The molecule has 10 nitrogen and oxygen atoms in total. The maximum Gasteiger partial charge on any atom is 0.270 e. The van der Waals surface area contributed by atoms with Crippen LogP contribution in [-0.2, 0) is 10.0 Å². The lowest BCUT2D eigenvalue weighted by molar-refractivity contribution is -0.385. The first kappa shape index (κ1) is 21.0. The molecule has 1 heterocycles. The van der Waals surface area contributed by atoms with Crippen molar-refractivity contribution >= 4 is 44.1 Å². The fourth-order valence-electron chi connectivity index (χ4n) is 2.92. The average molecular weight is 451 g/mol. The number of para-hydroxylation sites is 2. The monoisotopic (exact) mass is 451 g/mol. The van der Waals surface area contributed by atoms with E-state index in [2.05, 4.69) is 20.0 Å². The molecule has 0 saturated heterocycles. The molecule has 0 bridgehead atoms. The minimum absolute atomic E-state index is 0.0500. The molecule has 0 fully saturated rings. The molecule has 11 heteroatoms. The fourth-order valence-corrected chi connectivity index (χ4v) is 3.97. The van der Waals surface area contributed by atoms with Crippen LogP contribution in [0, 0.1) is 10.1 Å². The second-order valence-electron chi connectivity index (χ2n) is 6.62. The number of fused-ring (bicyclic) bond motifs is 1. The molecule has 0 radical (unpaired) electrons. The number of nitro groups is 1. The van der Waals surface area contributed by atoms with Crippen molar-refractivity contribution in [2.24, 2.45) is 0 Å². The topological polar surface area (TPSA) is 136 Å². The lowest BCUT2D eigenvalue weighted by atomic mass is 10.3. The third-order valence-corrected chi connectivity index (χ3v) is 5.83. The molecule has 0 unspecified atom stereocenters. The summed E-state index contributed by atoms with van der Waals surface area (Å²) in [6.07, 6.45) is 0. The molecule has 3 aromatic carbocycles. The molecular weight excluding hydrogens is 434 g/mol. The molecule has 4 rings (SSSR count). The van der Waals surface area contributed by atoms with Crippen LogP contribution in [0.15, 0.2) is 77.7 Å². The Bertz CT molecular complexity index is 1410. The van der Waals surface area contributed by atoms with Crippen molar-refractivity contribution in [1.29, 1.82) is 0 Å². The maximum atomic E-state index is 13.0. The van der Waals surface area contributed by atoms with Crippen molar-refractivity contribution in [3.05, 3.63) is 82.9 Å². The molecular formula is C21H17N5O5S. The molecule has 32 heavy (non-hydrogen) atoms. The summed E-state index contributed by atoms with van der Waals surface area (Å²) < 4.78 is 33.4. The summed E-state index contributed by atoms with van der Waals surface area (Å²) in [4.78, 5) is 19.0. The van der Waals surface area contributed by atoms with Gasteiger partial charge < -0.3 is 10.1 Å². The van der Waals surface area contributed by atoms with Gasteiger partial charge in [-0.3, -0.25) is 14.8 Å². The molecule has 0 aliphatic heterocycles. The number of hydrogen-bond donors (Lipinski definition) is 2. The Kier molecular flexibility index (Phi) is 5.56. The summed E-state index contributed by atoms with van der Waals surface area (Å²) in [5.41, 5.74) is 1.33. The van der Waals surface area contributed by atoms with Crippen LogP contribution in [0.5, 0.6) is 5.75 Å². The third-order valence-electron chi connectivity index (χ3n) is 4.49. The number of methoxy groups -OCH3 is 1. The highest BCUT2D eigenvalue weighted by atomic mass is 32.2. The van der Waals surface area contributed by atoms with Gasteiger partial charge in [0.15, 0.2) is 11.6 Å². The SMILES string of the molecule is COc1ccc(Nc2nc3ccccc3nc2NS(=O)(=O)c2cccc([N+](=O)[O-])c2)cc1. The minimum atomic E-state index is -4.18. The Balaban J connectivity index is 1.75. The van der Waals surface area contributed by atoms with Crippen molar-refractivity contribution < 1.29 is 18.1 Å². The van der Waals surface area contributed by atoms with E-state index in [9.17, 15) is 18.5 Å². The molecule has 2 N–H and O–H groups in total. The maximum absolute atomic E-state index is 13.0. The van der Waals surface area contributed by atoms with Crippen LogP contribution in [0.2, 0.25) is 0 Å².